The first-order valence-electron chi connectivity index (χ1n) is 5.13. The molecule has 18 heavy (non-hydrogen) atoms. The van der Waals surface area contributed by atoms with Gasteiger partial charge >= 0.3 is 15.6 Å². The second kappa shape index (κ2) is 4.43. The van der Waals surface area contributed by atoms with E-state index in [1.165, 1.54) is 12.1 Å². The van der Waals surface area contributed by atoms with Crippen molar-refractivity contribution in [2.75, 3.05) is 6.54 Å². The SMILES string of the molecule is O=S(=O)(Oc1ccc2c(c1)CNCC2)C(F)(F)F. The third kappa shape index (κ3) is 2.59. The van der Waals surface area contributed by atoms with Gasteiger partial charge in [0.25, 0.3) is 0 Å². The highest BCUT2D eigenvalue weighted by atomic mass is 32.2. The van der Waals surface area contributed by atoms with E-state index in [-0.39, 0.29) is 5.75 Å². The van der Waals surface area contributed by atoms with Crippen molar-refractivity contribution in [2.45, 2.75) is 18.5 Å². The molecule has 2 rings (SSSR count). The highest BCUT2D eigenvalue weighted by Crippen LogP contribution is 2.28. The molecule has 0 fully saturated rings. The fourth-order valence-corrected chi connectivity index (χ4v) is 2.13. The zero-order valence-electron chi connectivity index (χ0n) is 9.12. The van der Waals surface area contributed by atoms with Gasteiger partial charge in [0.2, 0.25) is 0 Å². The first-order chi connectivity index (χ1) is 8.29. The van der Waals surface area contributed by atoms with Crippen LogP contribution in [0, 0.1) is 0 Å². The molecule has 1 aromatic rings. The molecule has 4 nitrogen and oxygen atoms in total. The number of hydrogen-bond acceptors (Lipinski definition) is 4. The first kappa shape index (κ1) is 13.2. The maximum Gasteiger partial charge on any atom is 0.534 e. The van der Waals surface area contributed by atoms with Gasteiger partial charge in [0, 0.05) is 6.54 Å². The molecule has 0 radical (unpaired) electrons. The van der Waals surface area contributed by atoms with Crippen LogP contribution in [0.1, 0.15) is 11.1 Å². The Labute approximate surface area is 102 Å². The van der Waals surface area contributed by atoms with Crippen molar-refractivity contribution in [3.8, 4) is 5.75 Å². The lowest BCUT2D eigenvalue weighted by atomic mass is 10.0. The molecule has 8 heteroatoms. The summed E-state index contributed by atoms with van der Waals surface area (Å²) >= 11 is 0. The van der Waals surface area contributed by atoms with Crippen LogP contribution in [0.5, 0.6) is 5.75 Å². The summed E-state index contributed by atoms with van der Waals surface area (Å²) in [5.74, 6) is -0.324. The number of benzene rings is 1. The minimum absolute atomic E-state index is 0.324. The summed E-state index contributed by atoms with van der Waals surface area (Å²) in [6, 6.07) is 4.12. The molecule has 0 saturated heterocycles. The minimum atomic E-state index is -5.60. The normalized spacial score (nSPS) is 16.2. The lowest BCUT2D eigenvalue weighted by Crippen LogP contribution is -2.28. The fraction of sp³-hybridized carbons (Fsp3) is 0.400. The summed E-state index contributed by atoms with van der Waals surface area (Å²) in [6.45, 7) is 1.27. The van der Waals surface area contributed by atoms with Crippen LogP contribution >= 0.6 is 0 Å². The van der Waals surface area contributed by atoms with Crippen LogP contribution in [0.3, 0.4) is 0 Å². The number of hydrogen-bond donors (Lipinski definition) is 1. The zero-order valence-corrected chi connectivity index (χ0v) is 9.94. The van der Waals surface area contributed by atoms with Crippen LogP contribution < -0.4 is 9.50 Å². The lowest BCUT2D eigenvalue weighted by molar-refractivity contribution is -0.0500. The van der Waals surface area contributed by atoms with Gasteiger partial charge in [0.1, 0.15) is 5.75 Å². The Hall–Kier alpha value is -1.28. The summed E-state index contributed by atoms with van der Waals surface area (Å²) in [5.41, 5.74) is -3.69. The molecule has 0 aromatic heterocycles. The van der Waals surface area contributed by atoms with E-state index in [1.54, 1.807) is 6.07 Å². The third-order valence-electron chi connectivity index (χ3n) is 2.55. The van der Waals surface area contributed by atoms with E-state index in [0.29, 0.717) is 6.54 Å². The van der Waals surface area contributed by atoms with Crippen molar-refractivity contribution in [3.63, 3.8) is 0 Å². The summed E-state index contributed by atoms with van der Waals surface area (Å²) in [7, 11) is -5.60. The van der Waals surface area contributed by atoms with Gasteiger partial charge in [0.05, 0.1) is 0 Å². The van der Waals surface area contributed by atoms with E-state index in [0.717, 1.165) is 24.1 Å². The van der Waals surface area contributed by atoms with E-state index < -0.39 is 15.6 Å². The summed E-state index contributed by atoms with van der Waals surface area (Å²) in [4.78, 5) is 0. The number of rotatable bonds is 2. The average molecular weight is 281 g/mol. The van der Waals surface area contributed by atoms with Crippen LogP contribution in [0.2, 0.25) is 0 Å². The van der Waals surface area contributed by atoms with Gasteiger partial charge in [0.15, 0.2) is 0 Å². The third-order valence-corrected chi connectivity index (χ3v) is 3.53. The van der Waals surface area contributed by atoms with E-state index >= 15 is 0 Å². The van der Waals surface area contributed by atoms with E-state index in [9.17, 15) is 21.6 Å². The van der Waals surface area contributed by atoms with E-state index in [2.05, 4.69) is 9.50 Å². The van der Waals surface area contributed by atoms with Crippen molar-refractivity contribution in [1.82, 2.24) is 5.32 Å². The summed E-state index contributed by atoms with van der Waals surface area (Å²) in [5, 5.41) is 3.03. The predicted octanol–water partition coefficient (Wildman–Crippen LogP) is 1.56. The number of fused-ring (bicyclic) bond motifs is 1. The van der Waals surface area contributed by atoms with Crippen LogP contribution in [0.15, 0.2) is 18.2 Å². The maximum absolute atomic E-state index is 12.1. The Balaban J connectivity index is 2.26. The molecule has 1 aromatic carbocycles. The highest BCUT2D eigenvalue weighted by molar-refractivity contribution is 7.87. The van der Waals surface area contributed by atoms with Crippen molar-refractivity contribution >= 4 is 10.1 Å². The van der Waals surface area contributed by atoms with Gasteiger partial charge in [-0.05, 0) is 36.2 Å². The number of nitrogens with one attached hydrogen (secondary N) is 1. The Morgan fingerprint density at radius 1 is 1.22 bits per heavy atom. The molecule has 0 amide bonds. The average Bonchev–Trinajstić information content (AvgIpc) is 2.27. The van der Waals surface area contributed by atoms with Crippen LogP contribution in [0.25, 0.3) is 0 Å². The summed E-state index contributed by atoms with van der Waals surface area (Å²) < 4.78 is 62.1. The van der Waals surface area contributed by atoms with Gasteiger partial charge in [-0.25, -0.2) is 0 Å². The van der Waals surface area contributed by atoms with Crippen LogP contribution in [-0.4, -0.2) is 20.5 Å². The van der Waals surface area contributed by atoms with Crippen LogP contribution in [0.4, 0.5) is 13.2 Å². The standard InChI is InChI=1S/C10H10F3NO3S/c11-10(12,13)18(15,16)17-9-2-1-7-3-4-14-6-8(7)5-9/h1-2,5,14H,3-4,6H2. The van der Waals surface area contributed by atoms with E-state index in [1.807, 2.05) is 0 Å². The molecule has 1 aliphatic heterocycles. The quantitative estimate of drug-likeness (QED) is 0.660. The Morgan fingerprint density at radius 2 is 1.94 bits per heavy atom. The maximum atomic E-state index is 12.1. The van der Waals surface area contributed by atoms with Gasteiger partial charge < -0.3 is 9.50 Å². The van der Waals surface area contributed by atoms with Crippen molar-refractivity contribution < 1.29 is 25.8 Å². The minimum Gasteiger partial charge on any atom is -0.376 e. The molecule has 100 valence electrons. The zero-order chi connectivity index (χ0) is 13.4. The highest BCUT2D eigenvalue weighted by Gasteiger charge is 2.48. The van der Waals surface area contributed by atoms with Crippen molar-refractivity contribution in [3.05, 3.63) is 29.3 Å². The van der Waals surface area contributed by atoms with Gasteiger partial charge in [-0.2, -0.15) is 21.6 Å². The molecular weight excluding hydrogens is 271 g/mol. The topological polar surface area (TPSA) is 55.4 Å². The van der Waals surface area contributed by atoms with Gasteiger partial charge in [-0.1, -0.05) is 6.07 Å². The molecule has 1 heterocycles. The molecule has 0 bridgehead atoms. The van der Waals surface area contributed by atoms with Crippen molar-refractivity contribution in [1.29, 1.82) is 0 Å². The molecule has 1 aliphatic rings. The number of halogens is 3. The predicted molar refractivity (Wildman–Crippen MR) is 57.5 cm³/mol. The molecule has 0 unspecified atom stereocenters. The number of alkyl halides is 3. The second-order valence-electron chi connectivity index (χ2n) is 3.84. The summed E-state index contributed by atoms with van der Waals surface area (Å²) in [6.07, 6.45) is 0.752. The Kier molecular flexibility index (Phi) is 3.24. The van der Waals surface area contributed by atoms with Gasteiger partial charge in [-0.3, -0.25) is 0 Å². The van der Waals surface area contributed by atoms with Crippen LogP contribution in [-0.2, 0) is 23.1 Å². The smallest absolute Gasteiger partial charge is 0.376 e. The monoisotopic (exact) mass is 281 g/mol. The molecule has 0 spiro atoms. The molecule has 1 N–H and O–H groups in total. The largest absolute Gasteiger partial charge is 0.534 e. The molecular formula is C10H10F3NO3S. The fourth-order valence-electron chi connectivity index (χ4n) is 1.68. The van der Waals surface area contributed by atoms with Gasteiger partial charge in [-0.15, -0.1) is 0 Å². The Bertz CT molecular complexity index is 554. The first-order valence-corrected chi connectivity index (χ1v) is 6.54. The molecule has 0 saturated carbocycles. The lowest BCUT2D eigenvalue weighted by Gasteiger charge is -2.18. The molecule has 0 aliphatic carbocycles. The molecule has 0 atom stereocenters. The Morgan fingerprint density at radius 3 is 2.61 bits per heavy atom. The van der Waals surface area contributed by atoms with Crippen molar-refractivity contribution in [2.24, 2.45) is 0 Å². The van der Waals surface area contributed by atoms with E-state index in [4.69, 9.17) is 0 Å². The second-order valence-corrected chi connectivity index (χ2v) is 5.38.